The summed E-state index contributed by atoms with van der Waals surface area (Å²) in [4.78, 5) is 31.2. The van der Waals surface area contributed by atoms with Gasteiger partial charge in [0.15, 0.2) is 17.3 Å². The van der Waals surface area contributed by atoms with E-state index in [1.54, 1.807) is 26.4 Å². The topological polar surface area (TPSA) is 90.0 Å². The number of hydrogen-bond acceptors (Lipinski definition) is 7. The second kappa shape index (κ2) is 10.2. The number of amides is 1. The summed E-state index contributed by atoms with van der Waals surface area (Å²) >= 11 is 0. The zero-order chi connectivity index (χ0) is 27.0. The van der Waals surface area contributed by atoms with Crippen LogP contribution in [0.4, 0.5) is 0 Å². The Balaban J connectivity index is 1.17. The average molecular weight is 526 g/mol. The van der Waals surface area contributed by atoms with Gasteiger partial charge in [0, 0.05) is 48.8 Å². The highest BCUT2D eigenvalue weighted by molar-refractivity contribution is 6.07. The summed E-state index contributed by atoms with van der Waals surface area (Å²) in [5, 5.41) is 5.25. The Morgan fingerprint density at radius 1 is 1.05 bits per heavy atom. The maximum absolute atomic E-state index is 12.2. The van der Waals surface area contributed by atoms with Crippen LogP contribution in [0.1, 0.15) is 29.6 Å². The molecule has 6 rings (SSSR count). The van der Waals surface area contributed by atoms with Gasteiger partial charge in [-0.15, -0.1) is 0 Å². The number of fused-ring (bicyclic) bond motifs is 2. The van der Waals surface area contributed by atoms with E-state index in [0.29, 0.717) is 47.5 Å². The van der Waals surface area contributed by atoms with Crippen LogP contribution in [0.15, 0.2) is 60.8 Å². The third-order valence-electron chi connectivity index (χ3n) is 7.75. The van der Waals surface area contributed by atoms with Gasteiger partial charge in [0.1, 0.15) is 11.5 Å². The van der Waals surface area contributed by atoms with E-state index in [0.717, 1.165) is 54.0 Å². The molecule has 8 nitrogen and oxygen atoms in total. The molecule has 1 aliphatic heterocycles. The highest BCUT2D eigenvalue weighted by atomic mass is 16.5. The smallest absolute Gasteiger partial charge is 0.251 e. The molecule has 0 bridgehead atoms. The molecule has 0 atom stereocenters. The maximum atomic E-state index is 12.2. The minimum absolute atomic E-state index is 0.0186. The van der Waals surface area contributed by atoms with E-state index in [2.05, 4.69) is 15.2 Å². The molecule has 2 heterocycles. The molecule has 2 fully saturated rings. The predicted octanol–water partition coefficient (Wildman–Crippen LogP) is 4.98. The summed E-state index contributed by atoms with van der Waals surface area (Å²) < 4.78 is 18.0. The fraction of sp³-hybridized carbons (Fsp3) is 0.323. The number of ketones is 1. The molecule has 3 aromatic carbocycles. The summed E-state index contributed by atoms with van der Waals surface area (Å²) in [7, 11) is 3.24. The Morgan fingerprint density at radius 3 is 2.69 bits per heavy atom. The highest BCUT2D eigenvalue weighted by Crippen LogP contribution is 2.50. The molecule has 1 aromatic heterocycles. The number of rotatable bonds is 9. The van der Waals surface area contributed by atoms with Crippen LogP contribution in [0.3, 0.4) is 0 Å². The second-order valence-corrected chi connectivity index (χ2v) is 10.3. The van der Waals surface area contributed by atoms with Gasteiger partial charge in [0.2, 0.25) is 0 Å². The number of ether oxygens (including phenoxy) is 3. The summed E-state index contributed by atoms with van der Waals surface area (Å²) in [6.45, 7) is 2.82. The first-order valence-corrected chi connectivity index (χ1v) is 13.3. The zero-order valence-electron chi connectivity index (χ0n) is 22.2. The van der Waals surface area contributed by atoms with E-state index in [9.17, 15) is 9.59 Å². The molecule has 0 unspecified atom stereocenters. The number of benzene rings is 3. The van der Waals surface area contributed by atoms with Crippen LogP contribution in [0, 0.1) is 5.41 Å². The molecule has 8 heteroatoms. The Labute approximate surface area is 226 Å². The lowest BCUT2D eigenvalue weighted by Gasteiger charge is -2.16. The van der Waals surface area contributed by atoms with Crippen LogP contribution in [0.2, 0.25) is 0 Å². The number of hydrogen-bond donors (Lipinski definition) is 1. The Kier molecular flexibility index (Phi) is 6.56. The second-order valence-electron chi connectivity index (χ2n) is 10.3. The minimum atomic E-state index is -0.127. The number of carbonyl (C=O) groups is 2. The van der Waals surface area contributed by atoms with Crippen molar-refractivity contribution in [3.63, 3.8) is 0 Å². The minimum Gasteiger partial charge on any atom is -0.493 e. The first kappa shape index (κ1) is 25.1. The molecule has 1 aliphatic carbocycles. The van der Waals surface area contributed by atoms with Crippen LogP contribution in [-0.4, -0.2) is 62.0 Å². The van der Waals surface area contributed by atoms with Crippen LogP contribution in [0.25, 0.3) is 21.7 Å². The molecule has 39 heavy (non-hydrogen) atoms. The third kappa shape index (κ3) is 4.88. The molecule has 1 saturated heterocycles. The predicted molar refractivity (Wildman–Crippen MR) is 149 cm³/mol. The Bertz CT molecular complexity index is 1580. The lowest BCUT2D eigenvalue weighted by atomic mass is 10.0. The molecule has 1 spiro atoms. The van der Waals surface area contributed by atoms with Crippen molar-refractivity contribution in [1.29, 1.82) is 0 Å². The van der Waals surface area contributed by atoms with Gasteiger partial charge in [-0.3, -0.25) is 19.5 Å². The van der Waals surface area contributed by atoms with Crippen molar-refractivity contribution in [3.05, 3.63) is 66.4 Å². The van der Waals surface area contributed by atoms with E-state index < -0.39 is 0 Å². The van der Waals surface area contributed by atoms with Crippen molar-refractivity contribution in [3.8, 4) is 23.0 Å². The SMILES string of the molecule is CNC(=O)c1cccc2cc(Oc3ccnc4cc(OCCCN5CC(=O)C6(CC6)C5)c(OC)cc34)ccc12. The summed E-state index contributed by atoms with van der Waals surface area (Å²) in [5.74, 6) is 2.79. The van der Waals surface area contributed by atoms with Crippen molar-refractivity contribution in [1.82, 2.24) is 15.2 Å². The fourth-order valence-corrected chi connectivity index (χ4v) is 5.43. The molecule has 1 N–H and O–H groups in total. The number of methoxy groups -OCH3 is 1. The van der Waals surface area contributed by atoms with Crippen LogP contribution < -0.4 is 19.5 Å². The number of aromatic nitrogens is 1. The first-order valence-electron chi connectivity index (χ1n) is 13.3. The quantitative estimate of drug-likeness (QED) is 0.308. The van der Waals surface area contributed by atoms with Crippen LogP contribution >= 0.6 is 0 Å². The number of pyridine rings is 1. The lowest BCUT2D eigenvalue weighted by Crippen LogP contribution is -2.23. The largest absolute Gasteiger partial charge is 0.493 e. The summed E-state index contributed by atoms with van der Waals surface area (Å²) in [6.07, 6.45) is 4.62. The van der Waals surface area contributed by atoms with Crippen molar-refractivity contribution in [2.75, 3.05) is 40.4 Å². The van der Waals surface area contributed by atoms with Gasteiger partial charge < -0.3 is 19.5 Å². The van der Waals surface area contributed by atoms with Gasteiger partial charge in [0.25, 0.3) is 5.91 Å². The Morgan fingerprint density at radius 2 is 1.92 bits per heavy atom. The number of likely N-dealkylation sites (tertiary alicyclic amines) is 1. The maximum Gasteiger partial charge on any atom is 0.251 e. The van der Waals surface area contributed by atoms with E-state index in [1.165, 1.54) is 0 Å². The van der Waals surface area contributed by atoms with Crippen LogP contribution in [-0.2, 0) is 4.79 Å². The number of carbonyl (C=O) groups excluding carboxylic acids is 2. The average Bonchev–Trinajstić information content (AvgIpc) is 3.67. The molecular weight excluding hydrogens is 494 g/mol. The number of nitrogens with one attached hydrogen (secondary N) is 1. The molecule has 2 aliphatic rings. The van der Waals surface area contributed by atoms with E-state index in [1.807, 2.05) is 48.5 Å². The molecular formula is C31H31N3O5. The van der Waals surface area contributed by atoms with Gasteiger partial charge in [0.05, 0.1) is 25.8 Å². The number of nitrogens with zero attached hydrogens (tertiary/aromatic N) is 2. The zero-order valence-corrected chi connectivity index (χ0v) is 22.2. The van der Waals surface area contributed by atoms with Gasteiger partial charge in [-0.1, -0.05) is 12.1 Å². The van der Waals surface area contributed by atoms with Crippen molar-refractivity contribution >= 4 is 33.4 Å². The monoisotopic (exact) mass is 525 g/mol. The van der Waals surface area contributed by atoms with E-state index in [-0.39, 0.29) is 11.3 Å². The van der Waals surface area contributed by atoms with Crippen molar-refractivity contribution < 1.29 is 23.8 Å². The molecule has 200 valence electrons. The van der Waals surface area contributed by atoms with Crippen molar-refractivity contribution in [2.24, 2.45) is 5.41 Å². The number of Topliss-reactive ketones (excluding diaryl/α,β-unsaturated/α-hetero) is 1. The third-order valence-corrected chi connectivity index (χ3v) is 7.75. The normalized spacial score (nSPS) is 16.1. The fourth-order valence-electron chi connectivity index (χ4n) is 5.43. The van der Waals surface area contributed by atoms with Crippen molar-refractivity contribution in [2.45, 2.75) is 19.3 Å². The summed E-state index contributed by atoms with van der Waals surface area (Å²) in [6, 6.07) is 16.9. The lowest BCUT2D eigenvalue weighted by molar-refractivity contribution is -0.120. The van der Waals surface area contributed by atoms with Gasteiger partial charge in [-0.2, -0.15) is 0 Å². The molecule has 4 aromatic rings. The Hall–Kier alpha value is -4.17. The van der Waals surface area contributed by atoms with Crippen LogP contribution in [0.5, 0.6) is 23.0 Å². The highest BCUT2D eigenvalue weighted by Gasteiger charge is 2.54. The molecule has 1 amide bonds. The van der Waals surface area contributed by atoms with Gasteiger partial charge >= 0.3 is 0 Å². The van der Waals surface area contributed by atoms with Gasteiger partial charge in [-0.05, 0) is 66.4 Å². The van der Waals surface area contributed by atoms with E-state index >= 15 is 0 Å². The summed E-state index contributed by atoms with van der Waals surface area (Å²) in [5.41, 5.74) is 1.33. The van der Waals surface area contributed by atoms with E-state index in [4.69, 9.17) is 14.2 Å². The molecule has 1 saturated carbocycles. The molecule has 0 radical (unpaired) electrons. The first-order chi connectivity index (χ1) is 19.0. The van der Waals surface area contributed by atoms with Gasteiger partial charge in [-0.25, -0.2) is 0 Å². The standard InChI is InChI=1S/C31H31N3O5/c1-32-30(36)23-6-3-5-20-15-21(7-8-22(20)23)39-26-9-12-33-25-17-28(27(37-2)16-24(25)26)38-14-4-13-34-18-29(35)31(19-34)10-11-31/h3,5-9,12,15-17H,4,10-11,13-14,18-19H2,1-2H3,(H,32,36).